The van der Waals surface area contributed by atoms with Gasteiger partial charge in [-0.05, 0) is 25.8 Å². The van der Waals surface area contributed by atoms with Crippen LogP contribution in [0.1, 0.15) is 25.5 Å². The van der Waals surface area contributed by atoms with E-state index in [-0.39, 0.29) is 25.0 Å². The topological polar surface area (TPSA) is 81.2 Å². The molecule has 0 aromatic carbocycles. The average Bonchev–Trinajstić information content (AvgIpc) is 2.87. The van der Waals surface area contributed by atoms with E-state index >= 15 is 0 Å². The summed E-state index contributed by atoms with van der Waals surface area (Å²) in [5.74, 6) is -1.26. The third-order valence-corrected chi connectivity index (χ3v) is 3.83. The molecule has 122 valence electrons. The van der Waals surface area contributed by atoms with Gasteiger partial charge in [0.25, 0.3) is 0 Å². The maximum Gasteiger partial charge on any atom is 0.435 e. The highest BCUT2D eigenvalue weighted by atomic mass is 19.4. The number of alkyl halides is 3. The van der Waals surface area contributed by atoms with Gasteiger partial charge in [-0.1, -0.05) is 0 Å². The number of carbonyl (C=O) groups excluding carboxylic acids is 2. The number of primary amides is 1. The lowest BCUT2D eigenvalue weighted by atomic mass is 9.93. The van der Waals surface area contributed by atoms with Gasteiger partial charge in [-0.15, -0.1) is 0 Å². The Bertz CT molecular complexity index is 570. The fraction of sp³-hybridized carbons (Fsp3) is 0.615. The average molecular weight is 318 g/mol. The van der Waals surface area contributed by atoms with Gasteiger partial charge in [-0.3, -0.25) is 14.3 Å². The normalized spacial score (nSPS) is 22.6. The fourth-order valence-corrected chi connectivity index (χ4v) is 2.52. The van der Waals surface area contributed by atoms with E-state index in [4.69, 9.17) is 5.73 Å². The first-order valence-corrected chi connectivity index (χ1v) is 6.88. The Morgan fingerprint density at radius 2 is 2.09 bits per heavy atom. The Morgan fingerprint density at radius 3 is 2.64 bits per heavy atom. The van der Waals surface area contributed by atoms with E-state index in [2.05, 4.69) is 5.10 Å². The molecule has 6 nitrogen and oxygen atoms in total. The molecule has 1 aromatic rings. The number of nitrogens with zero attached hydrogens (tertiary/aromatic N) is 3. The number of carbonyl (C=O) groups is 2. The Hall–Kier alpha value is -2.06. The smallest absolute Gasteiger partial charge is 0.369 e. The van der Waals surface area contributed by atoms with Crippen LogP contribution in [-0.2, 0) is 22.3 Å². The van der Waals surface area contributed by atoms with E-state index < -0.39 is 23.7 Å². The quantitative estimate of drug-likeness (QED) is 0.903. The van der Waals surface area contributed by atoms with Crippen LogP contribution in [-0.4, -0.2) is 39.1 Å². The summed E-state index contributed by atoms with van der Waals surface area (Å²) < 4.78 is 38.4. The minimum absolute atomic E-state index is 0.0826. The zero-order chi connectivity index (χ0) is 16.5. The number of halogens is 3. The molecule has 0 aliphatic carbocycles. The Morgan fingerprint density at radius 1 is 1.41 bits per heavy atom. The SMILES string of the molecule is C[C@@H]1CC[C@H](C(N)=O)CN1C(=O)Cn1ccc(C(F)(F)F)n1. The minimum Gasteiger partial charge on any atom is -0.369 e. The van der Waals surface area contributed by atoms with Crippen molar-refractivity contribution in [2.45, 2.75) is 38.5 Å². The molecule has 0 unspecified atom stereocenters. The molecule has 0 saturated carbocycles. The van der Waals surface area contributed by atoms with Gasteiger partial charge in [-0.25, -0.2) is 0 Å². The summed E-state index contributed by atoms with van der Waals surface area (Å²) in [7, 11) is 0. The number of amides is 2. The lowest BCUT2D eigenvalue weighted by molar-refractivity contribution is -0.143. The van der Waals surface area contributed by atoms with E-state index in [0.717, 1.165) is 16.9 Å². The van der Waals surface area contributed by atoms with Crippen LogP contribution in [0.3, 0.4) is 0 Å². The van der Waals surface area contributed by atoms with E-state index in [9.17, 15) is 22.8 Å². The van der Waals surface area contributed by atoms with E-state index in [1.54, 1.807) is 0 Å². The molecule has 2 amide bonds. The summed E-state index contributed by atoms with van der Waals surface area (Å²) in [5, 5.41) is 3.35. The van der Waals surface area contributed by atoms with Crippen LogP contribution in [0.4, 0.5) is 13.2 Å². The number of aromatic nitrogens is 2. The number of nitrogens with two attached hydrogens (primary N) is 1. The van der Waals surface area contributed by atoms with Gasteiger partial charge in [0.05, 0.1) is 5.92 Å². The van der Waals surface area contributed by atoms with Gasteiger partial charge in [0, 0.05) is 18.8 Å². The maximum absolute atomic E-state index is 12.5. The number of rotatable bonds is 3. The van der Waals surface area contributed by atoms with Crippen molar-refractivity contribution < 1.29 is 22.8 Å². The summed E-state index contributed by atoms with van der Waals surface area (Å²) in [4.78, 5) is 25.0. The van der Waals surface area contributed by atoms with Crippen molar-refractivity contribution in [3.63, 3.8) is 0 Å². The monoisotopic (exact) mass is 318 g/mol. The predicted octanol–water partition coefficient (Wildman–Crippen LogP) is 1.01. The lowest BCUT2D eigenvalue weighted by Gasteiger charge is -2.36. The van der Waals surface area contributed by atoms with Crippen molar-refractivity contribution in [1.29, 1.82) is 0 Å². The summed E-state index contributed by atoms with van der Waals surface area (Å²) in [6.07, 6.45) is -2.18. The number of likely N-dealkylation sites (tertiary alicyclic amines) is 1. The van der Waals surface area contributed by atoms with Gasteiger partial charge in [0.15, 0.2) is 5.69 Å². The van der Waals surface area contributed by atoms with Crippen LogP contribution in [0.25, 0.3) is 0 Å². The van der Waals surface area contributed by atoms with Gasteiger partial charge in [0.1, 0.15) is 6.54 Å². The molecule has 1 aromatic heterocycles. The molecule has 22 heavy (non-hydrogen) atoms. The standard InChI is InChI=1S/C13H17F3N4O2/c1-8-2-3-9(12(17)22)6-20(8)11(21)7-19-5-4-10(18-19)13(14,15)16/h4-5,8-9H,2-3,6-7H2,1H3,(H2,17,22)/t8-,9+/m1/s1. The van der Waals surface area contributed by atoms with Crippen molar-refractivity contribution in [3.05, 3.63) is 18.0 Å². The fourth-order valence-electron chi connectivity index (χ4n) is 2.52. The molecule has 1 aliphatic rings. The zero-order valence-electron chi connectivity index (χ0n) is 12.0. The predicted molar refractivity (Wildman–Crippen MR) is 70.3 cm³/mol. The molecule has 2 N–H and O–H groups in total. The second-order valence-corrected chi connectivity index (χ2v) is 5.47. The van der Waals surface area contributed by atoms with Crippen LogP contribution in [0.2, 0.25) is 0 Å². The molecule has 1 fully saturated rings. The number of piperidine rings is 1. The molecule has 9 heteroatoms. The van der Waals surface area contributed by atoms with Crippen molar-refractivity contribution in [2.75, 3.05) is 6.54 Å². The first-order chi connectivity index (χ1) is 10.2. The van der Waals surface area contributed by atoms with Crippen molar-refractivity contribution in [2.24, 2.45) is 11.7 Å². The molecule has 1 saturated heterocycles. The highest BCUT2D eigenvalue weighted by Gasteiger charge is 2.34. The van der Waals surface area contributed by atoms with Crippen molar-refractivity contribution in [1.82, 2.24) is 14.7 Å². The van der Waals surface area contributed by atoms with Crippen molar-refractivity contribution >= 4 is 11.8 Å². The third-order valence-electron chi connectivity index (χ3n) is 3.83. The molecular weight excluding hydrogens is 301 g/mol. The number of hydrogen-bond donors (Lipinski definition) is 1. The third kappa shape index (κ3) is 3.58. The van der Waals surface area contributed by atoms with Crippen molar-refractivity contribution in [3.8, 4) is 0 Å². The van der Waals surface area contributed by atoms with Crippen LogP contribution in [0, 0.1) is 5.92 Å². The van der Waals surface area contributed by atoms with Gasteiger partial charge < -0.3 is 10.6 Å². The Labute approximate surface area is 125 Å². The Kier molecular flexibility index (Phi) is 4.43. The van der Waals surface area contributed by atoms with Crippen LogP contribution >= 0.6 is 0 Å². The molecule has 0 radical (unpaired) electrons. The second-order valence-electron chi connectivity index (χ2n) is 5.47. The number of hydrogen-bond acceptors (Lipinski definition) is 3. The zero-order valence-corrected chi connectivity index (χ0v) is 12.0. The molecule has 2 heterocycles. The van der Waals surface area contributed by atoms with Crippen LogP contribution < -0.4 is 5.73 Å². The molecule has 0 bridgehead atoms. The first-order valence-electron chi connectivity index (χ1n) is 6.88. The summed E-state index contributed by atoms with van der Waals surface area (Å²) in [5.41, 5.74) is 4.22. The molecule has 2 atom stereocenters. The molecule has 1 aliphatic heterocycles. The first kappa shape index (κ1) is 16.3. The summed E-state index contributed by atoms with van der Waals surface area (Å²) >= 11 is 0. The second kappa shape index (κ2) is 5.98. The molecule has 2 rings (SSSR count). The minimum atomic E-state index is -4.54. The summed E-state index contributed by atoms with van der Waals surface area (Å²) in [6.45, 7) is 1.73. The van der Waals surface area contributed by atoms with E-state index in [1.807, 2.05) is 6.92 Å². The highest BCUT2D eigenvalue weighted by Crippen LogP contribution is 2.27. The molecule has 0 spiro atoms. The van der Waals surface area contributed by atoms with E-state index in [0.29, 0.717) is 12.8 Å². The molecular formula is C13H17F3N4O2. The van der Waals surface area contributed by atoms with Gasteiger partial charge in [0.2, 0.25) is 11.8 Å². The van der Waals surface area contributed by atoms with Gasteiger partial charge in [-0.2, -0.15) is 18.3 Å². The highest BCUT2D eigenvalue weighted by molar-refractivity contribution is 5.80. The van der Waals surface area contributed by atoms with Crippen LogP contribution in [0.15, 0.2) is 12.3 Å². The van der Waals surface area contributed by atoms with E-state index in [1.165, 1.54) is 4.90 Å². The Balaban J connectivity index is 2.04. The summed E-state index contributed by atoms with van der Waals surface area (Å²) in [6, 6.07) is 0.736. The largest absolute Gasteiger partial charge is 0.435 e. The van der Waals surface area contributed by atoms with Gasteiger partial charge >= 0.3 is 6.18 Å². The van der Waals surface area contributed by atoms with Crippen LogP contribution in [0.5, 0.6) is 0 Å². The lowest BCUT2D eigenvalue weighted by Crippen LogP contribution is -2.49. The maximum atomic E-state index is 12.5.